The minimum absolute atomic E-state index is 0.238. The van der Waals surface area contributed by atoms with Crippen molar-refractivity contribution in [3.05, 3.63) is 0 Å². The summed E-state index contributed by atoms with van der Waals surface area (Å²) in [6, 6.07) is 0. The van der Waals surface area contributed by atoms with Crippen LogP contribution in [0.2, 0.25) is 0 Å². The molecule has 0 unspecified atom stereocenters. The third-order valence-electron chi connectivity index (χ3n) is 3.89. The fourth-order valence-electron chi connectivity index (χ4n) is 2.55. The van der Waals surface area contributed by atoms with Gasteiger partial charge in [0, 0.05) is 12.8 Å². The van der Waals surface area contributed by atoms with E-state index < -0.39 is 12.3 Å². The zero-order valence-electron chi connectivity index (χ0n) is 14.2. The van der Waals surface area contributed by atoms with Gasteiger partial charge in [-0.05, 0) is 12.8 Å². The lowest BCUT2D eigenvalue weighted by Crippen LogP contribution is -2.30. The van der Waals surface area contributed by atoms with Gasteiger partial charge in [-0.3, -0.25) is 9.59 Å². The molecule has 1 aliphatic rings. The highest BCUT2D eigenvalue weighted by Crippen LogP contribution is 2.12. The Bertz CT molecular complexity index is 366. The quantitative estimate of drug-likeness (QED) is 0.574. The Balaban J connectivity index is 2.46. The molecule has 0 aliphatic carbocycles. The number of carbonyl (C=O) groups is 3. The van der Waals surface area contributed by atoms with Crippen molar-refractivity contribution in [3.63, 3.8) is 0 Å². The van der Waals surface area contributed by atoms with Crippen molar-refractivity contribution in [1.82, 2.24) is 0 Å². The molecule has 1 aliphatic heterocycles. The number of cyclic esters (lactones) is 2. The van der Waals surface area contributed by atoms with Gasteiger partial charge in [-0.1, -0.05) is 44.9 Å². The number of carbonyl (C=O) groups excluding carboxylic acids is 2. The molecule has 24 heavy (non-hydrogen) atoms. The summed E-state index contributed by atoms with van der Waals surface area (Å²) in [7, 11) is 0. The maximum absolute atomic E-state index is 11.6. The number of hydrogen-bond acceptors (Lipinski definition) is 6. The smallest absolute Gasteiger partial charge is 0.462 e. The van der Waals surface area contributed by atoms with Gasteiger partial charge in [0.05, 0.1) is 0 Å². The van der Waals surface area contributed by atoms with E-state index in [9.17, 15) is 14.4 Å². The Kier molecular flexibility index (Phi) is 10.6. The second-order valence-corrected chi connectivity index (χ2v) is 6.05. The van der Waals surface area contributed by atoms with Crippen LogP contribution in [0.5, 0.6) is 0 Å². The van der Waals surface area contributed by atoms with E-state index in [1.807, 2.05) is 0 Å². The van der Waals surface area contributed by atoms with E-state index >= 15 is 0 Å². The third-order valence-corrected chi connectivity index (χ3v) is 3.89. The molecule has 0 amide bonds. The molecule has 7 nitrogen and oxygen atoms in total. The highest BCUT2D eigenvalue weighted by molar-refractivity contribution is 5.70. The normalized spacial score (nSPS) is 21.0. The molecule has 1 N–H and O–H groups in total. The van der Waals surface area contributed by atoms with Crippen molar-refractivity contribution in [2.45, 2.75) is 76.7 Å². The van der Waals surface area contributed by atoms with Crippen LogP contribution in [0.25, 0.3) is 0 Å². The first-order chi connectivity index (χ1) is 11.6. The van der Waals surface area contributed by atoms with Gasteiger partial charge in [0.2, 0.25) is 0 Å². The van der Waals surface area contributed by atoms with Crippen LogP contribution >= 0.6 is 0 Å². The van der Waals surface area contributed by atoms with Crippen molar-refractivity contribution >= 4 is 18.1 Å². The Morgan fingerprint density at radius 3 is 1.54 bits per heavy atom. The molecule has 138 valence electrons. The van der Waals surface area contributed by atoms with Crippen LogP contribution in [0.3, 0.4) is 0 Å². The van der Waals surface area contributed by atoms with E-state index in [0.29, 0.717) is 12.8 Å². The summed E-state index contributed by atoms with van der Waals surface area (Å²) in [6.45, 7) is -0.475. The molecular formula is C17H28O7. The first-order valence-corrected chi connectivity index (χ1v) is 8.79. The van der Waals surface area contributed by atoms with Gasteiger partial charge >= 0.3 is 18.1 Å². The summed E-state index contributed by atoms with van der Waals surface area (Å²) >= 11 is 0. The highest BCUT2D eigenvalue weighted by Gasteiger charge is 2.19. The topological polar surface area (TPSA) is 99.1 Å². The van der Waals surface area contributed by atoms with Gasteiger partial charge in [-0.25, -0.2) is 4.79 Å². The second-order valence-electron chi connectivity index (χ2n) is 6.05. The molecule has 0 spiro atoms. The van der Waals surface area contributed by atoms with Crippen molar-refractivity contribution in [3.8, 4) is 0 Å². The number of carboxylic acid groups (broad SMARTS) is 1. The first-order valence-electron chi connectivity index (χ1n) is 8.79. The van der Waals surface area contributed by atoms with Crippen molar-refractivity contribution in [2.75, 3.05) is 13.2 Å². The van der Waals surface area contributed by atoms with Gasteiger partial charge in [0.1, 0.15) is 13.2 Å². The van der Waals surface area contributed by atoms with E-state index in [2.05, 4.69) is 4.74 Å². The summed E-state index contributed by atoms with van der Waals surface area (Å²) in [5.41, 5.74) is 0. The molecule has 0 radical (unpaired) electrons. The molecule has 1 heterocycles. The Hall–Kier alpha value is -1.79. The fraction of sp³-hybridized carbons (Fsp3) is 0.824. The number of esters is 2. The molecule has 1 saturated heterocycles. The predicted molar refractivity (Wildman–Crippen MR) is 85.6 cm³/mol. The van der Waals surface area contributed by atoms with Crippen molar-refractivity contribution < 1.29 is 33.7 Å². The predicted octanol–water partition coefficient (Wildman–Crippen LogP) is 3.44. The molecule has 0 aromatic rings. The lowest BCUT2D eigenvalue weighted by atomic mass is 10.1. The minimum atomic E-state index is -1.49. The largest absolute Gasteiger partial charge is 0.506 e. The highest BCUT2D eigenvalue weighted by atomic mass is 16.7. The van der Waals surface area contributed by atoms with Crippen molar-refractivity contribution in [1.29, 1.82) is 0 Å². The average Bonchev–Trinajstić information content (AvgIpc) is 2.53. The third kappa shape index (κ3) is 10.9. The van der Waals surface area contributed by atoms with Crippen LogP contribution in [0, 0.1) is 0 Å². The van der Waals surface area contributed by atoms with Gasteiger partial charge < -0.3 is 19.3 Å². The van der Waals surface area contributed by atoms with Crippen LogP contribution in [-0.2, 0) is 23.8 Å². The fourth-order valence-corrected chi connectivity index (χ4v) is 2.55. The molecule has 0 saturated carbocycles. The van der Waals surface area contributed by atoms with E-state index in [-0.39, 0.29) is 25.2 Å². The van der Waals surface area contributed by atoms with E-state index in [1.165, 1.54) is 6.42 Å². The maximum Gasteiger partial charge on any atom is 0.506 e. The van der Waals surface area contributed by atoms with E-state index in [0.717, 1.165) is 51.4 Å². The summed E-state index contributed by atoms with van der Waals surface area (Å²) in [5.74, 6) is -0.775. The molecular weight excluding hydrogens is 316 g/mol. The second kappa shape index (κ2) is 12.6. The molecule has 0 bridgehead atoms. The van der Waals surface area contributed by atoms with Gasteiger partial charge in [0.15, 0.2) is 6.10 Å². The Morgan fingerprint density at radius 2 is 1.17 bits per heavy atom. The molecule has 0 atom stereocenters. The van der Waals surface area contributed by atoms with Crippen LogP contribution in [0.4, 0.5) is 4.79 Å². The molecule has 1 fully saturated rings. The number of ether oxygens (including phenoxy) is 3. The first kappa shape index (κ1) is 20.3. The zero-order valence-corrected chi connectivity index (χ0v) is 14.2. The summed E-state index contributed by atoms with van der Waals surface area (Å²) in [5, 5.41) is 8.69. The molecule has 0 aromatic heterocycles. The minimum Gasteiger partial charge on any atom is -0.462 e. The van der Waals surface area contributed by atoms with E-state index in [4.69, 9.17) is 14.6 Å². The van der Waals surface area contributed by atoms with Crippen LogP contribution < -0.4 is 0 Å². The van der Waals surface area contributed by atoms with Crippen LogP contribution in [0.15, 0.2) is 0 Å². The SMILES string of the molecule is O=C(O)OC1COC(=O)CCCCCCCCCCCC(=O)OC1. The summed E-state index contributed by atoms with van der Waals surface area (Å²) in [4.78, 5) is 33.9. The maximum atomic E-state index is 11.6. The Morgan fingerprint density at radius 1 is 0.792 bits per heavy atom. The zero-order chi connectivity index (χ0) is 17.6. The Labute approximate surface area is 142 Å². The summed E-state index contributed by atoms with van der Waals surface area (Å²) < 4.78 is 14.6. The van der Waals surface area contributed by atoms with Crippen LogP contribution in [-0.4, -0.2) is 42.5 Å². The standard InChI is InChI=1S/C17H28O7/c18-15-10-8-6-4-2-1-3-5-7-9-11-16(19)23-13-14(12-22-15)24-17(20)21/h14H,1-13H2,(H,20,21). The lowest BCUT2D eigenvalue weighted by molar-refractivity contribution is -0.153. The van der Waals surface area contributed by atoms with Crippen LogP contribution in [0.1, 0.15) is 70.6 Å². The van der Waals surface area contributed by atoms with Gasteiger partial charge in [0.25, 0.3) is 0 Å². The molecule has 1 rings (SSSR count). The van der Waals surface area contributed by atoms with Gasteiger partial charge in [-0.15, -0.1) is 0 Å². The number of hydrogen-bond donors (Lipinski definition) is 1. The lowest BCUT2D eigenvalue weighted by Gasteiger charge is -2.16. The summed E-state index contributed by atoms with van der Waals surface area (Å²) in [6.07, 6.45) is 7.33. The average molecular weight is 344 g/mol. The molecule has 0 aromatic carbocycles. The van der Waals surface area contributed by atoms with E-state index in [1.54, 1.807) is 0 Å². The van der Waals surface area contributed by atoms with Gasteiger partial charge in [-0.2, -0.15) is 0 Å². The number of rotatable bonds is 1. The molecule has 7 heteroatoms. The monoisotopic (exact) mass is 344 g/mol. The van der Waals surface area contributed by atoms with Crippen molar-refractivity contribution in [2.24, 2.45) is 0 Å².